The molecule has 0 saturated heterocycles. The molecule has 1 aromatic heterocycles. The van der Waals surface area contributed by atoms with Gasteiger partial charge >= 0.3 is 0 Å². The Hall–Kier alpha value is -2.43. The molecule has 2 heterocycles. The number of para-hydroxylation sites is 1. The van der Waals surface area contributed by atoms with Gasteiger partial charge in [-0.05, 0) is 30.2 Å². The summed E-state index contributed by atoms with van der Waals surface area (Å²) in [6.07, 6.45) is 4.50. The summed E-state index contributed by atoms with van der Waals surface area (Å²) in [4.78, 5) is 5.70. The van der Waals surface area contributed by atoms with Crippen LogP contribution in [0.15, 0.2) is 71.2 Å². The highest BCUT2D eigenvalue weighted by molar-refractivity contribution is 6.30. The van der Waals surface area contributed by atoms with Crippen molar-refractivity contribution in [2.24, 2.45) is 5.73 Å². The molecule has 3 aromatic rings. The molecule has 1 atom stereocenters. The summed E-state index contributed by atoms with van der Waals surface area (Å²) >= 11 is 6.05. The fraction of sp³-hybridized carbons (Fsp3) is 0.158. The zero-order chi connectivity index (χ0) is 16.5. The van der Waals surface area contributed by atoms with E-state index in [1.165, 1.54) is 0 Å². The molecule has 4 rings (SSSR count). The van der Waals surface area contributed by atoms with Crippen LogP contribution in [0.4, 0.5) is 0 Å². The Morgan fingerprint density at radius 2 is 2.00 bits per heavy atom. The number of nitrogens with zero attached hydrogens (tertiary/aromatic N) is 1. The molecule has 0 amide bonds. The molecule has 1 aliphatic rings. The summed E-state index contributed by atoms with van der Waals surface area (Å²) in [7, 11) is 0. The van der Waals surface area contributed by atoms with Gasteiger partial charge in [-0.15, -0.1) is 5.06 Å². The number of fused-ring (bicyclic) bond motifs is 1. The highest BCUT2D eigenvalue weighted by Gasteiger charge is 2.29. The third-order valence-corrected chi connectivity index (χ3v) is 4.43. The number of furan rings is 1. The second-order valence-electron chi connectivity index (χ2n) is 5.81. The Morgan fingerprint density at radius 3 is 2.88 bits per heavy atom. The van der Waals surface area contributed by atoms with Crippen LogP contribution in [0.5, 0.6) is 0 Å². The van der Waals surface area contributed by atoms with Crippen molar-refractivity contribution in [3.05, 3.63) is 82.9 Å². The van der Waals surface area contributed by atoms with E-state index < -0.39 is 0 Å². The fourth-order valence-electron chi connectivity index (χ4n) is 3.05. The molecular formula is C19H17ClN2O2. The molecule has 2 aromatic carbocycles. The van der Waals surface area contributed by atoms with E-state index in [2.05, 4.69) is 6.07 Å². The summed E-state index contributed by atoms with van der Waals surface area (Å²) in [5.74, 6) is 0.413. The third kappa shape index (κ3) is 2.86. The third-order valence-electron chi connectivity index (χ3n) is 4.19. The van der Waals surface area contributed by atoms with Gasteiger partial charge in [-0.2, -0.15) is 0 Å². The molecule has 0 spiro atoms. The molecule has 0 saturated carbocycles. The SMILES string of the molecule is NC1=CC(c2coc3ccccc23)N(CCc2cccc(Cl)c2)O1. The first-order chi connectivity index (χ1) is 11.7. The van der Waals surface area contributed by atoms with Crippen LogP contribution >= 0.6 is 11.6 Å². The number of hydrogen-bond acceptors (Lipinski definition) is 4. The summed E-state index contributed by atoms with van der Waals surface area (Å²) in [5.41, 5.74) is 8.98. The smallest absolute Gasteiger partial charge is 0.207 e. The number of hydrogen-bond donors (Lipinski definition) is 1. The number of benzene rings is 2. The quantitative estimate of drug-likeness (QED) is 0.764. The lowest BCUT2D eigenvalue weighted by Gasteiger charge is -2.22. The van der Waals surface area contributed by atoms with Gasteiger partial charge in [0.15, 0.2) is 0 Å². The summed E-state index contributed by atoms with van der Waals surface area (Å²) in [5, 5.41) is 3.70. The number of nitrogens with two attached hydrogens (primary N) is 1. The lowest BCUT2D eigenvalue weighted by molar-refractivity contribution is -0.118. The minimum atomic E-state index is -0.0622. The lowest BCUT2D eigenvalue weighted by Crippen LogP contribution is -2.26. The molecule has 122 valence electrons. The second-order valence-corrected chi connectivity index (χ2v) is 6.25. The molecular weight excluding hydrogens is 324 g/mol. The van der Waals surface area contributed by atoms with Crippen LogP contribution in [0.3, 0.4) is 0 Å². The van der Waals surface area contributed by atoms with Gasteiger partial charge in [-0.25, -0.2) is 0 Å². The summed E-state index contributed by atoms with van der Waals surface area (Å²) < 4.78 is 5.65. The molecule has 1 unspecified atom stereocenters. The molecule has 24 heavy (non-hydrogen) atoms. The van der Waals surface area contributed by atoms with Gasteiger partial charge in [0.1, 0.15) is 5.58 Å². The van der Waals surface area contributed by atoms with Crippen LogP contribution < -0.4 is 5.73 Å². The molecule has 0 aliphatic carbocycles. The van der Waals surface area contributed by atoms with E-state index in [1.807, 2.05) is 53.6 Å². The monoisotopic (exact) mass is 340 g/mol. The summed E-state index contributed by atoms with van der Waals surface area (Å²) in [6.45, 7) is 0.696. The van der Waals surface area contributed by atoms with E-state index in [9.17, 15) is 0 Å². The first kappa shape index (κ1) is 15.1. The van der Waals surface area contributed by atoms with Crippen molar-refractivity contribution in [1.29, 1.82) is 0 Å². The number of halogens is 1. The number of hydroxylamine groups is 2. The maximum Gasteiger partial charge on any atom is 0.207 e. The van der Waals surface area contributed by atoms with Gasteiger partial charge in [-0.1, -0.05) is 41.9 Å². The van der Waals surface area contributed by atoms with E-state index in [1.54, 1.807) is 6.26 Å². The molecule has 1 aliphatic heterocycles. The number of rotatable bonds is 4. The van der Waals surface area contributed by atoms with E-state index >= 15 is 0 Å². The predicted octanol–water partition coefficient (Wildman–Crippen LogP) is 4.42. The highest BCUT2D eigenvalue weighted by Crippen LogP contribution is 2.35. The maximum absolute atomic E-state index is 6.05. The minimum absolute atomic E-state index is 0.0622. The van der Waals surface area contributed by atoms with Crippen molar-refractivity contribution in [3.8, 4) is 0 Å². The maximum atomic E-state index is 6.05. The lowest BCUT2D eigenvalue weighted by atomic mass is 10.0. The van der Waals surface area contributed by atoms with E-state index in [-0.39, 0.29) is 6.04 Å². The highest BCUT2D eigenvalue weighted by atomic mass is 35.5. The molecule has 4 nitrogen and oxygen atoms in total. The molecule has 0 fully saturated rings. The zero-order valence-corrected chi connectivity index (χ0v) is 13.7. The van der Waals surface area contributed by atoms with Crippen LogP contribution in [-0.4, -0.2) is 11.6 Å². The van der Waals surface area contributed by atoms with Crippen molar-refractivity contribution in [1.82, 2.24) is 5.06 Å². The first-order valence-corrected chi connectivity index (χ1v) is 8.21. The van der Waals surface area contributed by atoms with E-state index in [4.69, 9.17) is 26.6 Å². The van der Waals surface area contributed by atoms with Crippen LogP contribution in [0.25, 0.3) is 11.0 Å². The Labute approximate surface area is 145 Å². The van der Waals surface area contributed by atoms with Crippen LogP contribution in [0.2, 0.25) is 5.02 Å². The summed E-state index contributed by atoms with van der Waals surface area (Å²) in [6, 6.07) is 15.8. The predicted molar refractivity (Wildman–Crippen MR) is 94.2 cm³/mol. The largest absolute Gasteiger partial charge is 0.464 e. The van der Waals surface area contributed by atoms with E-state index in [0.29, 0.717) is 12.4 Å². The molecule has 5 heteroatoms. The Balaban J connectivity index is 1.57. The average Bonchev–Trinajstić information content (AvgIpc) is 3.16. The second kappa shape index (κ2) is 6.23. The zero-order valence-electron chi connectivity index (χ0n) is 13.0. The van der Waals surface area contributed by atoms with E-state index in [0.717, 1.165) is 33.5 Å². The topological polar surface area (TPSA) is 51.6 Å². The normalized spacial score (nSPS) is 17.9. The van der Waals surface area contributed by atoms with Gasteiger partial charge in [0.25, 0.3) is 0 Å². The van der Waals surface area contributed by atoms with Gasteiger partial charge in [0.2, 0.25) is 5.88 Å². The van der Waals surface area contributed by atoms with Gasteiger partial charge in [0.05, 0.1) is 12.3 Å². The minimum Gasteiger partial charge on any atom is -0.464 e. The van der Waals surface area contributed by atoms with Crippen molar-refractivity contribution in [2.75, 3.05) is 6.54 Å². The van der Waals surface area contributed by atoms with Crippen molar-refractivity contribution in [2.45, 2.75) is 12.5 Å². The fourth-order valence-corrected chi connectivity index (χ4v) is 3.26. The first-order valence-electron chi connectivity index (χ1n) is 7.83. The van der Waals surface area contributed by atoms with Crippen molar-refractivity contribution in [3.63, 3.8) is 0 Å². The Morgan fingerprint density at radius 1 is 1.12 bits per heavy atom. The van der Waals surface area contributed by atoms with Crippen LogP contribution in [-0.2, 0) is 11.3 Å². The molecule has 0 bridgehead atoms. The van der Waals surface area contributed by atoms with Crippen molar-refractivity contribution < 1.29 is 9.25 Å². The van der Waals surface area contributed by atoms with Gasteiger partial charge < -0.3 is 15.0 Å². The van der Waals surface area contributed by atoms with Crippen LogP contribution in [0.1, 0.15) is 17.2 Å². The molecule has 2 N–H and O–H groups in total. The standard InChI is InChI=1S/C19H17ClN2O2/c20-14-5-3-4-13(10-14)8-9-22-17(11-19(21)24-22)16-12-23-18-7-2-1-6-15(16)18/h1-7,10-12,17H,8-9,21H2. The molecule has 0 radical (unpaired) electrons. The average molecular weight is 341 g/mol. The van der Waals surface area contributed by atoms with Gasteiger partial charge in [0, 0.05) is 28.6 Å². The van der Waals surface area contributed by atoms with Gasteiger partial charge in [-0.3, -0.25) is 0 Å². The Bertz CT molecular complexity index is 903. The van der Waals surface area contributed by atoms with Crippen LogP contribution in [0, 0.1) is 0 Å². The Kier molecular flexibility index (Phi) is 3.92. The van der Waals surface area contributed by atoms with Crippen molar-refractivity contribution >= 4 is 22.6 Å².